The zero-order valence-electron chi connectivity index (χ0n) is 14.8. The first-order chi connectivity index (χ1) is 13.0. The molecule has 0 unspecified atom stereocenters. The lowest BCUT2D eigenvalue weighted by Gasteiger charge is -2.05. The van der Waals surface area contributed by atoms with E-state index in [1.807, 2.05) is 49.6 Å². The van der Waals surface area contributed by atoms with Gasteiger partial charge in [0.2, 0.25) is 0 Å². The Hall–Kier alpha value is -2.77. The summed E-state index contributed by atoms with van der Waals surface area (Å²) in [5.41, 5.74) is 4.68. The molecule has 0 fully saturated rings. The molecule has 4 aromatic rings. The van der Waals surface area contributed by atoms with E-state index in [-0.39, 0.29) is 6.42 Å². The monoisotopic (exact) mass is 395 g/mol. The fourth-order valence-corrected chi connectivity index (χ4v) is 4.83. The number of para-hydroxylation sites is 1. The molecule has 3 heterocycles. The summed E-state index contributed by atoms with van der Waals surface area (Å²) in [4.78, 5) is 20.5. The van der Waals surface area contributed by atoms with Crippen molar-refractivity contribution in [3.8, 4) is 5.13 Å². The van der Waals surface area contributed by atoms with Crippen molar-refractivity contribution in [1.82, 2.24) is 14.5 Å². The molecule has 0 aliphatic carbocycles. The SMILES string of the molecule is Cc1cc(/C=C(\CC(=O)O)c2nc3ccccc3s2)c(C)n1-c1nccs1. The number of carboxylic acids is 1. The molecule has 3 aromatic heterocycles. The predicted molar refractivity (Wildman–Crippen MR) is 111 cm³/mol. The maximum atomic E-state index is 11.5. The van der Waals surface area contributed by atoms with Crippen LogP contribution in [0.4, 0.5) is 0 Å². The summed E-state index contributed by atoms with van der Waals surface area (Å²) in [6, 6.07) is 9.91. The van der Waals surface area contributed by atoms with E-state index in [9.17, 15) is 9.90 Å². The first-order valence-electron chi connectivity index (χ1n) is 8.40. The normalized spacial score (nSPS) is 12.0. The second-order valence-corrected chi connectivity index (χ2v) is 8.11. The Morgan fingerprint density at radius 3 is 2.81 bits per heavy atom. The van der Waals surface area contributed by atoms with Crippen LogP contribution in [0.1, 0.15) is 28.4 Å². The van der Waals surface area contributed by atoms with E-state index in [1.54, 1.807) is 17.5 Å². The van der Waals surface area contributed by atoms with Crippen LogP contribution < -0.4 is 0 Å². The predicted octanol–water partition coefficient (Wildman–Crippen LogP) is 5.18. The third-order valence-corrected chi connectivity index (χ3v) is 6.19. The number of carbonyl (C=O) groups is 1. The second-order valence-electron chi connectivity index (χ2n) is 6.20. The van der Waals surface area contributed by atoms with Crippen molar-refractivity contribution in [1.29, 1.82) is 0 Å². The molecule has 7 heteroatoms. The van der Waals surface area contributed by atoms with Gasteiger partial charge in [0.05, 0.1) is 16.6 Å². The maximum Gasteiger partial charge on any atom is 0.307 e. The lowest BCUT2D eigenvalue weighted by molar-refractivity contribution is -0.135. The first kappa shape index (κ1) is 17.6. The number of nitrogens with zero attached hydrogens (tertiary/aromatic N) is 3. The number of carboxylic acid groups (broad SMARTS) is 1. The van der Waals surface area contributed by atoms with Gasteiger partial charge in [0.1, 0.15) is 5.01 Å². The van der Waals surface area contributed by atoms with Crippen LogP contribution in [0.5, 0.6) is 0 Å². The smallest absolute Gasteiger partial charge is 0.307 e. The molecule has 0 bridgehead atoms. The quantitative estimate of drug-likeness (QED) is 0.506. The van der Waals surface area contributed by atoms with Crippen LogP contribution in [-0.2, 0) is 4.79 Å². The van der Waals surface area contributed by atoms with Gasteiger partial charge in [0.15, 0.2) is 5.13 Å². The van der Waals surface area contributed by atoms with Gasteiger partial charge in [-0.15, -0.1) is 22.7 Å². The molecular formula is C20H17N3O2S2. The van der Waals surface area contributed by atoms with Gasteiger partial charge in [0, 0.05) is 23.0 Å². The standard InChI is InChI=1S/C20H17N3O2S2/c1-12-9-14(13(2)23(12)20-21-7-8-26-20)10-15(11-18(24)25)19-22-16-5-3-4-6-17(16)27-19/h3-10H,11H2,1-2H3,(H,24,25)/b15-10+. The minimum absolute atomic E-state index is 0.0687. The zero-order chi connectivity index (χ0) is 19.0. The van der Waals surface area contributed by atoms with E-state index in [1.165, 1.54) is 11.3 Å². The van der Waals surface area contributed by atoms with Crippen LogP contribution in [0.15, 0.2) is 41.9 Å². The van der Waals surface area contributed by atoms with Crippen molar-refractivity contribution in [3.63, 3.8) is 0 Å². The number of aryl methyl sites for hydroxylation is 1. The fourth-order valence-electron chi connectivity index (χ4n) is 3.10. The number of aliphatic carboxylic acids is 1. The number of fused-ring (bicyclic) bond motifs is 1. The van der Waals surface area contributed by atoms with Gasteiger partial charge in [-0.1, -0.05) is 12.1 Å². The number of aromatic nitrogens is 3. The zero-order valence-corrected chi connectivity index (χ0v) is 16.5. The van der Waals surface area contributed by atoms with Crippen LogP contribution in [0.2, 0.25) is 0 Å². The van der Waals surface area contributed by atoms with Crippen molar-refractivity contribution in [2.45, 2.75) is 20.3 Å². The molecular weight excluding hydrogens is 378 g/mol. The van der Waals surface area contributed by atoms with Gasteiger partial charge in [-0.3, -0.25) is 9.36 Å². The van der Waals surface area contributed by atoms with E-state index < -0.39 is 5.97 Å². The van der Waals surface area contributed by atoms with Crippen molar-refractivity contribution in [3.05, 3.63) is 63.9 Å². The van der Waals surface area contributed by atoms with Gasteiger partial charge in [-0.05, 0) is 49.3 Å². The van der Waals surface area contributed by atoms with E-state index >= 15 is 0 Å². The largest absolute Gasteiger partial charge is 0.481 e. The Kier molecular flexibility index (Phi) is 4.63. The number of thiazole rings is 2. The average Bonchev–Trinajstić information content (AvgIpc) is 3.34. The molecule has 0 atom stereocenters. The summed E-state index contributed by atoms with van der Waals surface area (Å²) >= 11 is 3.09. The van der Waals surface area contributed by atoms with E-state index in [2.05, 4.69) is 20.6 Å². The Labute approximate surface area is 164 Å². The summed E-state index contributed by atoms with van der Waals surface area (Å²) < 4.78 is 3.14. The van der Waals surface area contributed by atoms with E-state index in [0.717, 1.165) is 37.3 Å². The molecule has 0 aliphatic heterocycles. The minimum Gasteiger partial charge on any atom is -0.481 e. The second kappa shape index (κ2) is 7.09. The van der Waals surface area contributed by atoms with Crippen LogP contribution in [0, 0.1) is 13.8 Å². The molecule has 4 rings (SSSR count). The van der Waals surface area contributed by atoms with Crippen molar-refractivity contribution in [2.24, 2.45) is 0 Å². The molecule has 0 radical (unpaired) electrons. The van der Waals surface area contributed by atoms with Gasteiger partial charge >= 0.3 is 5.97 Å². The molecule has 0 saturated heterocycles. The number of hydrogen-bond acceptors (Lipinski definition) is 5. The molecule has 0 spiro atoms. The topological polar surface area (TPSA) is 68.0 Å². The minimum atomic E-state index is -0.866. The summed E-state index contributed by atoms with van der Waals surface area (Å²) in [6.07, 6.45) is 3.66. The molecule has 5 nitrogen and oxygen atoms in total. The third kappa shape index (κ3) is 3.43. The summed E-state index contributed by atoms with van der Waals surface area (Å²) in [5, 5.41) is 13.0. The fraction of sp³-hybridized carbons (Fsp3) is 0.150. The van der Waals surface area contributed by atoms with Crippen molar-refractivity contribution >= 4 is 50.5 Å². The highest BCUT2D eigenvalue weighted by Gasteiger charge is 2.16. The van der Waals surface area contributed by atoms with E-state index in [4.69, 9.17) is 0 Å². The van der Waals surface area contributed by atoms with Crippen molar-refractivity contribution in [2.75, 3.05) is 0 Å². The van der Waals surface area contributed by atoms with Gasteiger partial charge in [-0.25, -0.2) is 9.97 Å². The van der Waals surface area contributed by atoms with Crippen LogP contribution in [0.25, 0.3) is 27.0 Å². The Balaban J connectivity index is 1.82. The summed E-state index contributed by atoms with van der Waals surface area (Å²) in [6.45, 7) is 4.05. The van der Waals surface area contributed by atoms with Gasteiger partial charge in [-0.2, -0.15) is 0 Å². The number of benzene rings is 1. The maximum absolute atomic E-state index is 11.5. The highest BCUT2D eigenvalue weighted by atomic mass is 32.1. The molecule has 0 amide bonds. The molecule has 0 saturated carbocycles. The number of rotatable bonds is 5. The van der Waals surface area contributed by atoms with Crippen molar-refractivity contribution < 1.29 is 9.90 Å². The lowest BCUT2D eigenvalue weighted by atomic mass is 10.1. The van der Waals surface area contributed by atoms with Crippen LogP contribution in [-0.4, -0.2) is 25.6 Å². The molecule has 27 heavy (non-hydrogen) atoms. The lowest BCUT2D eigenvalue weighted by Crippen LogP contribution is -1.99. The summed E-state index contributed by atoms with van der Waals surface area (Å²) in [5.74, 6) is -0.866. The highest BCUT2D eigenvalue weighted by molar-refractivity contribution is 7.19. The highest BCUT2D eigenvalue weighted by Crippen LogP contribution is 2.32. The Morgan fingerprint density at radius 2 is 2.11 bits per heavy atom. The molecule has 0 aliphatic rings. The Morgan fingerprint density at radius 1 is 1.30 bits per heavy atom. The Bertz CT molecular complexity index is 1120. The molecule has 1 N–H and O–H groups in total. The summed E-state index contributed by atoms with van der Waals surface area (Å²) in [7, 11) is 0. The van der Waals surface area contributed by atoms with Crippen LogP contribution in [0.3, 0.4) is 0 Å². The molecule has 1 aromatic carbocycles. The van der Waals surface area contributed by atoms with E-state index in [0.29, 0.717) is 5.57 Å². The van der Waals surface area contributed by atoms with Gasteiger partial charge < -0.3 is 5.11 Å². The van der Waals surface area contributed by atoms with Crippen LogP contribution >= 0.6 is 22.7 Å². The molecule has 136 valence electrons. The number of hydrogen-bond donors (Lipinski definition) is 1. The third-order valence-electron chi connectivity index (χ3n) is 4.32. The average molecular weight is 396 g/mol. The van der Waals surface area contributed by atoms with Gasteiger partial charge in [0.25, 0.3) is 0 Å². The first-order valence-corrected chi connectivity index (χ1v) is 10.1.